The highest BCUT2D eigenvalue weighted by Gasteiger charge is 2.29. The van der Waals surface area contributed by atoms with Gasteiger partial charge in [-0.2, -0.15) is 0 Å². The van der Waals surface area contributed by atoms with E-state index >= 15 is 0 Å². The molecule has 7 heteroatoms. The SMILES string of the molecule is COC(C)(C)C(=CC(=O)c1ccc([N+](=O)[O-])cc1)N1CCOCC1. The molecule has 1 aromatic rings. The summed E-state index contributed by atoms with van der Waals surface area (Å²) in [6.45, 7) is 6.37. The minimum absolute atomic E-state index is 0.0406. The van der Waals surface area contributed by atoms with E-state index in [0.29, 0.717) is 31.9 Å². The number of hydrogen-bond donors (Lipinski definition) is 0. The number of morpholine rings is 1. The first-order chi connectivity index (χ1) is 11.3. The van der Waals surface area contributed by atoms with Gasteiger partial charge in [0, 0.05) is 49.7 Å². The Hall–Kier alpha value is -2.25. The van der Waals surface area contributed by atoms with Gasteiger partial charge in [-0.05, 0) is 26.0 Å². The topological polar surface area (TPSA) is 81.9 Å². The number of ketones is 1. The molecule has 1 fully saturated rings. The Labute approximate surface area is 141 Å². The van der Waals surface area contributed by atoms with Crippen LogP contribution < -0.4 is 0 Å². The normalized spacial score (nSPS) is 16.1. The average molecular weight is 334 g/mol. The van der Waals surface area contributed by atoms with Crippen molar-refractivity contribution in [1.82, 2.24) is 4.90 Å². The van der Waals surface area contributed by atoms with Crippen LogP contribution in [0.5, 0.6) is 0 Å². The second-order valence-electron chi connectivity index (χ2n) is 6.01. The summed E-state index contributed by atoms with van der Waals surface area (Å²) in [5, 5.41) is 10.7. The van der Waals surface area contributed by atoms with Gasteiger partial charge in [0.1, 0.15) is 5.60 Å². The number of methoxy groups -OCH3 is 1. The first-order valence-electron chi connectivity index (χ1n) is 7.74. The molecule has 0 saturated carbocycles. The van der Waals surface area contributed by atoms with Gasteiger partial charge in [0.05, 0.1) is 18.1 Å². The largest absolute Gasteiger partial charge is 0.378 e. The smallest absolute Gasteiger partial charge is 0.269 e. The van der Waals surface area contributed by atoms with Crippen molar-refractivity contribution in [2.24, 2.45) is 0 Å². The number of non-ortho nitro benzene ring substituents is 1. The van der Waals surface area contributed by atoms with Crippen LogP contribution in [-0.2, 0) is 9.47 Å². The van der Waals surface area contributed by atoms with E-state index in [2.05, 4.69) is 4.90 Å². The Kier molecular flexibility index (Phi) is 5.69. The highest BCUT2D eigenvalue weighted by molar-refractivity contribution is 6.05. The molecule has 1 aromatic carbocycles. The maximum absolute atomic E-state index is 12.6. The molecule has 0 bridgehead atoms. The number of nitrogens with zero attached hydrogens (tertiary/aromatic N) is 2. The molecule has 1 aliphatic rings. The zero-order valence-corrected chi connectivity index (χ0v) is 14.2. The summed E-state index contributed by atoms with van der Waals surface area (Å²) in [7, 11) is 1.60. The lowest BCUT2D eigenvalue weighted by Gasteiger charge is -2.38. The van der Waals surface area contributed by atoms with E-state index in [0.717, 1.165) is 5.70 Å². The molecule has 130 valence electrons. The van der Waals surface area contributed by atoms with E-state index in [1.54, 1.807) is 13.2 Å². The lowest BCUT2D eigenvalue weighted by molar-refractivity contribution is -0.384. The third-order valence-corrected chi connectivity index (χ3v) is 4.11. The fraction of sp³-hybridized carbons (Fsp3) is 0.471. The first kappa shape index (κ1) is 18.1. The summed E-state index contributed by atoms with van der Waals surface area (Å²) < 4.78 is 10.9. The number of ether oxygens (including phenoxy) is 2. The molecule has 0 atom stereocenters. The van der Waals surface area contributed by atoms with Crippen molar-refractivity contribution in [2.75, 3.05) is 33.4 Å². The highest BCUT2D eigenvalue weighted by Crippen LogP contribution is 2.25. The average Bonchev–Trinajstić information content (AvgIpc) is 2.60. The first-order valence-corrected chi connectivity index (χ1v) is 7.74. The van der Waals surface area contributed by atoms with Gasteiger partial charge in [-0.3, -0.25) is 14.9 Å². The molecule has 0 N–H and O–H groups in total. The van der Waals surface area contributed by atoms with Crippen molar-refractivity contribution in [3.63, 3.8) is 0 Å². The Morgan fingerprint density at radius 3 is 2.38 bits per heavy atom. The van der Waals surface area contributed by atoms with Crippen LogP contribution in [0.4, 0.5) is 5.69 Å². The molecule has 0 aromatic heterocycles. The molecular formula is C17H22N2O5. The van der Waals surface area contributed by atoms with Crippen LogP contribution in [0.25, 0.3) is 0 Å². The van der Waals surface area contributed by atoms with E-state index in [9.17, 15) is 14.9 Å². The molecule has 0 amide bonds. The molecule has 1 aliphatic heterocycles. The zero-order chi connectivity index (χ0) is 17.7. The van der Waals surface area contributed by atoms with Crippen molar-refractivity contribution in [1.29, 1.82) is 0 Å². The molecular weight excluding hydrogens is 312 g/mol. The van der Waals surface area contributed by atoms with Crippen LogP contribution in [0.1, 0.15) is 24.2 Å². The minimum atomic E-state index is -0.631. The van der Waals surface area contributed by atoms with Crippen molar-refractivity contribution in [3.8, 4) is 0 Å². The van der Waals surface area contributed by atoms with Crippen molar-refractivity contribution in [3.05, 3.63) is 51.7 Å². The summed E-state index contributed by atoms with van der Waals surface area (Å²) in [6.07, 6.45) is 1.55. The molecule has 0 radical (unpaired) electrons. The summed E-state index contributed by atoms with van der Waals surface area (Å²) in [4.78, 5) is 24.9. The number of benzene rings is 1. The maximum atomic E-state index is 12.6. The van der Waals surface area contributed by atoms with E-state index in [1.165, 1.54) is 24.3 Å². The summed E-state index contributed by atoms with van der Waals surface area (Å²) in [5.41, 5.74) is 0.504. The van der Waals surface area contributed by atoms with E-state index in [1.807, 2.05) is 13.8 Å². The van der Waals surface area contributed by atoms with Crippen molar-refractivity contribution >= 4 is 11.5 Å². The van der Waals surface area contributed by atoms with E-state index < -0.39 is 10.5 Å². The van der Waals surface area contributed by atoms with Crippen LogP contribution in [0.2, 0.25) is 0 Å². The lowest BCUT2D eigenvalue weighted by atomic mass is 9.99. The number of allylic oxidation sites excluding steroid dienone is 1. The van der Waals surface area contributed by atoms with E-state index in [4.69, 9.17) is 9.47 Å². The molecule has 7 nitrogen and oxygen atoms in total. The molecule has 0 aliphatic carbocycles. The molecule has 2 rings (SSSR count). The Balaban J connectivity index is 2.30. The zero-order valence-electron chi connectivity index (χ0n) is 14.2. The monoisotopic (exact) mass is 334 g/mol. The predicted octanol–water partition coefficient (Wildman–Crippen LogP) is 2.42. The van der Waals surface area contributed by atoms with Gasteiger partial charge in [-0.25, -0.2) is 0 Å². The van der Waals surface area contributed by atoms with Gasteiger partial charge >= 0.3 is 0 Å². The summed E-state index contributed by atoms with van der Waals surface area (Å²) in [5.74, 6) is -0.212. The van der Waals surface area contributed by atoms with Gasteiger partial charge < -0.3 is 14.4 Å². The van der Waals surface area contributed by atoms with Gasteiger partial charge in [-0.1, -0.05) is 0 Å². The number of carbonyl (C=O) groups excluding carboxylic acids is 1. The van der Waals surface area contributed by atoms with E-state index in [-0.39, 0.29) is 11.5 Å². The number of rotatable bonds is 6. The highest BCUT2D eigenvalue weighted by atomic mass is 16.6. The standard InChI is InChI=1S/C17H22N2O5/c1-17(2,23-3)16(18-8-10-24-11-9-18)12-15(20)13-4-6-14(7-5-13)19(21)22/h4-7,12H,8-11H2,1-3H3. The lowest BCUT2D eigenvalue weighted by Crippen LogP contribution is -2.43. The fourth-order valence-electron chi connectivity index (χ4n) is 2.51. The molecule has 1 saturated heterocycles. The van der Waals surface area contributed by atoms with Crippen molar-refractivity contribution < 1.29 is 19.2 Å². The second-order valence-corrected chi connectivity index (χ2v) is 6.01. The molecule has 0 spiro atoms. The Morgan fingerprint density at radius 1 is 1.29 bits per heavy atom. The molecule has 1 heterocycles. The van der Waals surface area contributed by atoms with Crippen LogP contribution >= 0.6 is 0 Å². The van der Waals surface area contributed by atoms with Gasteiger partial charge in [0.2, 0.25) is 0 Å². The third kappa shape index (κ3) is 4.18. The fourth-order valence-corrected chi connectivity index (χ4v) is 2.51. The third-order valence-electron chi connectivity index (χ3n) is 4.11. The van der Waals surface area contributed by atoms with Crippen LogP contribution in [0.3, 0.4) is 0 Å². The molecule has 24 heavy (non-hydrogen) atoms. The quantitative estimate of drug-likeness (QED) is 0.344. The van der Waals surface area contributed by atoms with Crippen LogP contribution in [-0.4, -0.2) is 54.6 Å². The number of nitro benzene ring substituents is 1. The maximum Gasteiger partial charge on any atom is 0.269 e. The minimum Gasteiger partial charge on any atom is -0.378 e. The molecule has 0 unspecified atom stereocenters. The van der Waals surface area contributed by atoms with Gasteiger partial charge in [0.25, 0.3) is 5.69 Å². The van der Waals surface area contributed by atoms with Crippen LogP contribution in [0, 0.1) is 10.1 Å². The summed E-state index contributed by atoms with van der Waals surface area (Å²) in [6, 6.07) is 5.59. The number of nitro groups is 1. The van der Waals surface area contributed by atoms with Crippen LogP contribution in [0.15, 0.2) is 36.0 Å². The number of hydrogen-bond acceptors (Lipinski definition) is 6. The second kappa shape index (κ2) is 7.55. The number of carbonyl (C=O) groups is 1. The van der Waals surface area contributed by atoms with Gasteiger partial charge in [-0.15, -0.1) is 0 Å². The summed E-state index contributed by atoms with van der Waals surface area (Å²) >= 11 is 0. The predicted molar refractivity (Wildman–Crippen MR) is 89.0 cm³/mol. The Bertz CT molecular complexity index is 631. The van der Waals surface area contributed by atoms with Gasteiger partial charge in [0.15, 0.2) is 5.78 Å². The van der Waals surface area contributed by atoms with Crippen molar-refractivity contribution in [2.45, 2.75) is 19.4 Å². The Morgan fingerprint density at radius 2 is 1.88 bits per heavy atom.